The standard InChI is InChI=1S/C10H19NO5/c1-9(10(15)16)8-11(2-5-12,3-6-13)4-7-14/h8,12-14H,2-7H2,1H3. The van der Waals surface area contributed by atoms with E-state index >= 15 is 0 Å². The summed E-state index contributed by atoms with van der Waals surface area (Å²) in [6.07, 6.45) is 1.40. The van der Waals surface area contributed by atoms with E-state index in [4.69, 9.17) is 15.3 Å². The number of rotatable bonds is 8. The Labute approximate surface area is 94.6 Å². The molecule has 0 bridgehead atoms. The molecule has 6 nitrogen and oxygen atoms in total. The minimum atomic E-state index is -1.30. The molecular weight excluding hydrogens is 214 g/mol. The summed E-state index contributed by atoms with van der Waals surface area (Å²) in [6, 6.07) is 0. The number of aliphatic hydroxyl groups is 3. The average Bonchev–Trinajstić information content (AvgIpc) is 2.18. The van der Waals surface area contributed by atoms with Crippen molar-refractivity contribution in [1.29, 1.82) is 0 Å². The second-order valence-electron chi connectivity index (χ2n) is 3.66. The zero-order valence-electron chi connectivity index (χ0n) is 9.43. The van der Waals surface area contributed by atoms with Gasteiger partial charge in [0, 0.05) is 5.57 Å². The van der Waals surface area contributed by atoms with Gasteiger partial charge in [0.2, 0.25) is 0 Å². The predicted octanol–water partition coefficient (Wildman–Crippen LogP) is -2.57. The summed E-state index contributed by atoms with van der Waals surface area (Å²) < 4.78 is 0.0311. The van der Waals surface area contributed by atoms with E-state index in [1.54, 1.807) is 0 Å². The Balaban J connectivity index is 4.99. The van der Waals surface area contributed by atoms with E-state index in [-0.39, 0.29) is 49.5 Å². The molecule has 0 heterocycles. The summed E-state index contributed by atoms with van der Waals surface area (Å²) in [7, 11) is 0. The topological polar surface area (TPSA) is 101 Å². The maximum Gasteiger partial charge on any atom is 0.106 e. The van der Waals surface area contributed by atoms with Gasteiger partial charge in [-0.25, -0.2) is 0 Å². The Morgan fingerprint density at radius 1 is 1.12 bits per heavy atom. The fourth-order valence-electron chi connectivity index (χ4n) is 1.59. The minimum absolute atomic E-state index is 0.0235. The normalized spacial score (nSPS) is 12.9. The fourth-order valence-corrected chi connectivity index (χ4v) is 1.59. The van der Waals surface area contributed by atoms with Crippen molar-refractivity contribution in [1.82, 2.24) is 0 Å². The van der Waals surface area contributed by atoms with Crippen LogP contribution in [0.4, 0.5) is 0 Å². The van der Waals surface area contributed by atoms with E-state index in [2.05, 4.69) is 0 Å². The van der Waals surface area contributed by atoms with Crippen LogP contribution >= 0.6 is 0 Å². The van der Waals surface area contributed by atoms with Gasteiger partial charge in [0.1, 0.15) is 25.8 Å². The molecule has 6 heteroatoms. The van der Waals surface area contributed by atoms with Crippen molar-refractivity contribution >= 4 is 5.97 Å². The zero-order valence-corrected chi connectivity index (χ0v) is 9.43. The van der Waals surface area contributed by atoms with Crippen molar-refractivity contribution < 1.29 is 29.7 Å². The van der Waals surface area contributed by atoms with Crippen LogP contribution < -0.4 is 5.11 Å². The second kappa shape index (κ2) is 7.34. The molecule has 94 valence electrons. The van der Waals surface area contributed by atoms with Crippen LogP contribution in [0.25, 0.3) is 0 Å². The number of quaternary nitrogens is 1. The van der Waals surface area contributed by atoms with Gasteiger partial charge in [-0.2, -0.15) is 0 Å². The quantitative estimate of drug-likeness (QED) is 0.316. The average molecular weight is 233 g/mol. The zero-order chi connectivity index (χ0) is 12.6. The van der Waals surface area contributed by atoms with E-state index in [1.165, 1.54) is 13.1 Å². The number of hydrogen-bond donors (Lipinski definition) is 3. The summed E-state index contributed by atoms with van der Waals surface area (Å²) in [6.45, 7) is 1.64. The second-order valence-corrected chi connectivity index (χ2v) is 3.66. The van der Waals surface area contributed by atoms with Crippen LogP contribution in [0.2, 0.25) is 0 Å². The molecule has 0 aromatic heterocycles. The highest BCUT2D eigenvalue weighted by atomic mass is 16.4. The van der Waals surface area contributed by atoms with Gasteiger partial charge >= 0.3 is 0 Å². The molecule has 0 saturated carbocycles. The molecule has 0 amide bonds. The summed E-state index contributed by atoms with van der Waals surface area (Å²) in [4.78, 5) is 10.6. The van der Waals surface area contributed by atoms with E-state index in [9.17, 15) is 9.90 Å². The molecule has 3 N–H and O–H groups in total. The highest BCUT2D eigenvalue weighted by molar-refractivity contribution is 5.83. The highest BCUT2D eigenvalue weighted by Gasteiger charge is 2.24. The summed E-state index contributed by atoms with van der Waals surface area (Å²) in [5.41, 5.74) is 0.0235. The largest absolute Gasteiger partial charge is 0.545 e. The molecule has 0 radical (unpaired) electrons. The molecule has 16 heavy (non-hydrogen) atoms. The van der Waals surface area contributed by atoms with Gasteiger partial charge in [0.05, 0.1) is 25.8 Å². The molecule has 0 aliphatic carbocycles. The number of hydrogen-bond acceptors (Lipinski definition) is 5. The summed E-state index contributed by atoms with van der Waals surface area (Å²) in [5, 5.41) is 37.4. The first-order valence-electron chi connectivity index (χ1n) is 5.10. The smallest absolute Gasteiger partial charge is 0.106 e. The maximum atomic E-state index is 10.6. The molecule has 0 aromatic rings. The van der Waals surface area contributed by atoms with Crippen molar-refractivity contribution in [3.05, 3.63) is 11.8 Å². The van der Waals surface area contributed by atoms with Crippen LogP contribution in [0, 0.1) is 0 Å². The first kappa shape index (κ1) is 15.0. The van der Waals surface area contributed by atoms with Crippen molar-refractivity contribution in [2.24, 2.45) is 0 Å². The Bertz CT molecular complexity index is 235. The van der Waals surface area contributed by atoms with E-state index < -0.39 is 5.97 Å². The lowest BCUT2D eigenvalue weighted by Crippen LogP contribution is -2.49. The van der Waals surface area contributed by atoms with E-state index in [1.807, 2.05) is 0 Å². The third-order valence-electron chi connectivity index (χ3n) is 2.43. The van der Waals surface area contributed by atoms with Gasteiger partial charge in [0.25, 0.3) is 0 Å². The lowest BCUT2D eigenvalue weighted by atomic mass is 10.2. The van der Waals surface area contributed by atoms with Gasteiger partial charge < -0.3 is 25.2 Å². The lowest BCUT2D eigenvalue weighted by molar-refractivity contribution is -0.881. The number of aliphatic carboxylic acids is 1. The van der Waals surface area contributed by atoms with E-state index in [0.29, 0.717) is 0 Å². The van der Waals surface area contributed by atoms with Gasteiger partial charge in [-0.15, -0.1) is 0 Å². The summed E-state index contributed by atoms with van der Waals surface area (Å²) >= 11 is 0. The third-order valence-corrected chi connectivity index (χ3v) is 2.43. The molecule has 0 fully saturated rings. The van der Waals surface area contributed by atoms with Gasteiger partial charge in [-0.3, -0.25) is 4.48 Å². The molecule has 0 spiro atoms. The molecule has 0 rings (SSSR count). The van der Waals surface area contributed by atoms with Gasteiger partial charge in [-0.05, 0) is 6.92 Å². The third kappa shape index (κ3) is 4.71. The molecular formula is C10H19NO5. The van der Waals surface area contributed by atoms with Crippen LogP contribution in [0.3, 0.4) is 0 Å². The Morgan fingerprint density at radius 3 is 1.75 bits per heavy atom. The highest BCUT2D eigenvalue weighted by Crippen LogP contribution is 2.10. The maximum absolute atomic E-state index is 10.6. The molecule has 0 aliphatic rings. The first-order chi connectivity index (χ1) is 7.51. The molecule has 0 unspecified atom stereocenters. The van der Waals surface area contributed by atoms with Gasteiger partial charge in [-0.1, -0.05) is 0 Å². The molecule has 0 aromatic carbocycles. The number of carboxylic acid groups (broad SMARTS) is 1. The number of nitrogens with zero attached hydrogens (tertiary/aromatic N) is 1. The van der Waals surface area contributed by atoms with Crippen molar-refractivity contribution in [2.45, 2.75) is 6.92 Å². The molecule has 0 aliphatic heterocycles. The van der Waals surface area contributed by atoms with Gasteiger partial charge in [0.15, 0.2) is 0 Å². The first-order valence-corrected chi connectivity index (χ1v) is 5.10. The van der Waals surface area contributed by atoms with Crippen LogP contribution in [0.5, 0.6) is 0 Å². The van der Waals surface area contributed by atoms with Crippen LogP contribution in [-0.2, 0) is 4.79 Å². The van der Waals surface area contributed by atoms with Crippen LogP contribution in [-0.4, -0.2) is 65.2 Å². The number of aliphatic hydroxyl groups excluding tert-OH is 3. The predicted molar refractivity (Wildman–Crippen MR) is 54.9 cm³/mol. The monoisotopic (exact) mass is 233 g/mol. The van der Waals surface area contributed by atoms with E-state index in [0.717, 1.165) is 0 Å². The van der Waals surface area contributed by atoms with Crippen molar-refractivity contribution in [3.63, 3.8) is 0 Å². The minimum Gasteiger partial charge on any atom is -0.545 e. The van der Waals surface area contributed by atoms with Crippen molar-refractivity contribution in [2.75, 3.05) is 39.5 Å². The number of carbonyl (C=O) groups is 1. The lowest BCUT2D eigenvalue weighted by Gasteiger charge is -2.34. The SMILES string of the molecule is CC(=C[N+](CCO)(CCO)CCO)C(=O)[O-]. The Morgan fingerprint density at radius 2 is 1.50 bits per heavy atom. The molecule has 0 atom stereocenters. The molecule has 0 saturated heterocycles. The number of carboxylic acids is 1. The van der Waals surface area contributed by atoms with Crippen LogP contribution in [0.1, 0.15) is 6.92 Å². The Kier molecular flexibility index (Phi) is 6.91. The van der Waals surface area contributed by atoms with Crippen LogP contribution in [0.15, 0.2) is 11.8 Å². The summed E-state index contributed by atoms with van der Waals surface area (Å²) in [5.74, 6) is -1.30. The van der Waals surface area contributed by atoms with Crippen molar-refractivity contribution in [3.8, 4) is 0 Å². The Hall–Kier alpha value is -0.950. The number of carbonyl (C=O) groups excluding carboxylic acids is 1. The fraction of sp³-hybridized carbons (Fsp3) is 0.700.